The first kappa shape index (κ1) is 28.0. The maximum atomic E-state index is 12.9. The molecule has 1 aliphatic rings. The topological polar surface area (TPSA) is 88.5 Å². The smallest absolute Gasteiger partial charge is 0.324 e. The summed E-state index contributed by atoms with van der Waals surface area (Å²) >= 11 is 12.3. The quantitative estimate of drug-likeness (QED) is 0.356. The Bertz CT molecular complexity index is 1300. The number of benzene rings is 2. The highest BCUT2D eigenvalue weighted by atomic mass is 35.5. The molecule has 2 heterocycles. The van der Waals surface area contributed by atoms with Gasteiger partial charge in [-0.3, -0.25) is 10.1 Å². The van der Waals surface area contributed by atoms with Gasteiger partial charge in [0.05, 0.1) is 46.2 Å². The Morgan fingerprint density at radius 1 is 1.11 bits per heavy atom. The first-order valence-corrected chi connectivity index (χ1v) is 13.3. The van der Waals surface area contributed by atoms with Gasteiger partial charge in [-0.2, -0.15) is 5.10 Å². The van der Waals surface area contributed by atoms with Crippen molar-refractivity contribution in [3.63, 3.8) is 0 Å². The number of aromatic nitrogens is 2. The number of likely N-dealkylation sites (tertiary alicyclic amines) is 1. The Kier molecular flexibility index (Phi) is 8.65. The molecule has 1 unspecified atom stereocenters. The number of nitrogens with one attached hydrogen (secondary N) is 2. The van der Waals surface area contributed by atoms with Gasteiger partial charge in [0.2, 0.25) is 5.91 Å². The molecule has 202 valence electrons. The number of methoxy groups -OCH3 is 1. The third-order valence-corrected chi connectivity index (χ3v) is 7.33. The van der Waals surface area contributed by atoms with E-state index >= 15 is 0 Å². The first-order chi connectivity index (χ1) is 18.1. The number of amides is 3. The fourth-order valence-electron chi connectivity index (χ4n) is 4.46. The van der Waals surface area contributed by atoms with Gasteiger partial charge in [-0.15, -0.1) is 0 Å². The Morgan fingerprint density at radius 3 is 2.53 bits per heavy atom. The fourth-order valence-corrected chi connectivity index (χ4v) is 4.81. The van der Waals surface area contributed by atoms with Gasteiger partial charge < -0.3 is 15.0 Å². The minimum Gasteiger partial charge on any atom is -0.383 e. The molecule has 0 radical (unpaired) electrons. The molecule has 3 amide bonds. The lowest BCUT2D eigenvalue weighted by atomic mass is 9.92. The van der Waals surface area contributed by atoms with E-state index in [0.717, 1.165) is 36.3 Å². The minimum atomic E-state index is -0.478. The van der Waals surface area contributed by atoms with Gasteiger partial charge in [0.25, 0.3) is 0 Å². The summed E-state index contributed by atoms with van der Waals surface area (Å²) in [6, 6.07) is 14.2. The zero-order valence-corrected chi connectivity index (χ0v) is 23.6. The molecule has 0 aliphatic carbocycles. The van der Waals surface area contributed by atoms with Gasteiger partial charge in [0.1, 0.15) is 5.82 Å². The third-order valence-electron chi connectivity index (χ3n) is 6.51. The van der Waals surface area contributed by atoms with Crippen LogP contribution in [0.3, 0.4) is 0 Å². The van der Waals surface area contributed by atoms with E-state index in [0.29, 0.717) is 29.6 Å². The normalized spacial score (nSPS) is 15.5. The number of hydrogen-bond acceptors (Lipinski definition) is 4. The second kappa shape index (κ2) is 11.8. The van der Waals surface area contributed by atoms with E-state index < -0.39 is 6.03 Å². The Balaban J connectivity index is 1.52. The van der Waals surface area contributed by atoms with E-state index in [1.54, 1.807) is 30.0 Å². The predicted octanol–water partition coefficient (Wildman–Crippen LogP) is 6.30. The van der Waals surface area contributed by atoms with Crippen molar-refractivity contribution in [1.82, 2.24) is 14.7 Å². The van der Waals surface area contributed by atoms with Gasteiger partial charge in [0, 0.05) is 25.1 Å². The summed E-state index contributed by atoms with van der Waals surface area (Å²) in [5.74, 6) is 0.596. The molecule has 1 aliphatic heterocycles. The van der Waals surface area contributed by atoms with Crippen LogP contribution in [0.2, 0.25) is 10.0 Å². The molecular formula is C28H33Cl2N5O3. The summed E-state index contributed by atoms with van der Waals surface area (Å²) in [7, 11) is 1.67. The monoisotopic (exact) mass is 557 g/mol. The Morgan fingerprint density at radius 2 is 1.84 bits per heavy atom. The standard InChI is InChI=1S/C28H33Cl2N5O3/c1-28(2,3)23-16-24(32-27(37)31-22-9-5-8-21(29)26(22)30)35(33-23)19-12-10-18(11-13-19)15-25(36)34-14-6-7-20(34)17-38-4/h5,8-13,16,20H,6-7,14-15,17H2,1-4H3,(H2,31,32,37). The molecular weight excluding hydrogens is 525 g/mol. The molecule has 1 saturated heterocycles. The van der Waals surface area contributed by atoms with Crippen molar-refractivity contribution in [2.45, 2.75) is 51.5 Å². The van der Waals surface area contributed by atoms with Crippen molar-refractivity contribution < 1.29 is 14.3 Å². The lowest BCUT2D eigenvalue weighted by molar-refractivity contribution is -0.132. The van der Waals surface area contributed by atoms with Crippen LogP contribution in [-0.4, -0.2) is 52.9 Å². The second-order valence-corrected chi connectivity index (χ2v) is 11.2. The van der Waals surface area contributed by atoms with E-state index in [2.05, 4.69) is 31.4 Å². The van der Waals surface area contributed by atoms with E-state index in [9.17, 15) is 9.59 Å². The van der Waals surface area contributed by atoms with Crippen LogP contribution >= 0.6 is 23.2 Å². The molecule has 38 heavy (non-hydrogen) atoms. The van der Waals surface area contributed by atoms with Crippen molar-refractivity contribution in [3.8, 4) is 5.69 Å². The molecule has 2 aromatic carbocycles. The number of carbonyl (C=O) groups excluding carboxylic acids is 2. The van der Waals surface area contributed by atoms with Crippen LogP contribution in [0.4, 0.5) is 16.3 Å². The second-order valence-electron chi connectivity index (χ2n) is 10.4. The molecule has 1 fully saturated rings. The summed E-state index contributed by atoms with van der Waals surface area (Å²) in [6.07, 6.45) is 2.29. The lowest BCUT2D eigenvalue weighted by Crippen LogP contribution is -2.39. The molecule has 0 spiro atoms. The number of carbonyl (C=O) groups is 2. The van der Waals surface area contributed by atoms with E-state index in [1.807, 2.05) is 35.2 Å². The average Bonchev–Trinajstić information content (AvgIpc) is 3.50. The molecule has 0 saturated carbocycles. The highest BCUT2D eigenvalue weighted by molar-refractivity contribution is 6.44. The molecule has 0 bridgehead atoms. The third kappa shape index (κ3) is 6.49. The number of rotatable bonds is 7. The molecule has 1 atom stereocenters. The highest BCUT2D eigenvalue weighted by Gasteiger charge is 2.28. The van der Waals surface area contributed by atoms with Gasteiger partial charge in [-0.1, -0.05) is 62.2 Å². The van der Waals surface area contributed by atoms with E-state index in [1.165, 1.54) is 0 Å². The van der Waals surface area contributed by atoms with Crippen molar-refractivity contribution in [2.75, 3.05) is 30.9 Å². The highest BCUT2D eigenvalue weighted by Crippen LogP contribution is 2.30. The summed E-state index contributed by atoms with van der Waals surface area (Å²) in [4.78, 5) is 27.7. The molecule has 2 N–H and O–H groups in total. The molecule has 3 aromatic rings. The summed E-state index contributed by atoms with van der Waals surface area (Å²) < 4.78 is 6.96. The number of urea groups is 1. The van der Waals surface area contributed by atoms with Gasteiger partial charge in [-0.25, -0.2) is 9.48 Å². The van der Waals surface area contributed by atoms with Crippen LogP contribution in [0, 0.1) is 0 Å². The SMILES string of the molecule is COCC1CCCN1C(=O)Cc1ccc(-n2nc(C(C)(C)C)cc2NC(=O)Nc2cccc(Cl)c2Cl)cc1. The predicted molar refractivity (Wildman–Crippen MR) is 152 cm³/mol. The van der Waals surface area contributed by atoms with Crippen molar-refractivity contribution >= 4 is 46.6 Å². The maximum Gasteiger partial charge on any atom is 0.324 e. The molecule has 4 rings (SSSR count). The largest absolute Gasteiger partial charge is 0.383 e. The zero-order valence-electron chi connectivity index (χ0n) is 22.1. The molecule has 10 heteroatoms. The van der Waals surface area contributed by atoms with Crippen LogP contribution in [0.1, 0.15) is 44.9 Å². The maximum absolute atomic E-state index is 12.9. The van der Waals surface area contributed by atoms with E-state index in [4.69, 9.17) is 33.0 Å². The van der Waals surface area contributed by atoms with Crippen LogP contribution in [0.15, 0.2) is 48.5 Å². The Hall–Kier alpha value is -3.07. The number of anilines is 2. The minimum absolute atomic E-state index is 0.102. The van der Waals surface area contributed by atoms with Crippen LogP contribution in [0.5, 0.6) is 0 Å². The average molecular weight is 559 g/mol. The van der Waals surface area contributed by atoms with Crippen molar-refractivity contribution in [3.05, 3.63) is 69.8 Å². The number of halogens is 2. The van der Waals surface area contributed by atoms with Gasteiger partial charge in [0.15, 0.2) is 0 Å². The van der Waals surface area contributed by atoms with Crippen molar-refractivity contribution in [2.24, 2.45) is 0 Å². The van der Waals surface area contributed by atoms with Gasteiger partial charge in [-0.05, 0) is 42.7 Å². The van der Waals surface area contributed by atoms with Crippen LogP contribution in [-0.2, 0) is 21.4 Å². The molecule has 8 nitrogen and oxygen atoms in total. The first-order valence-electron chi connectivity index (χ1n) is 12.6. The number of nitrogens with zero attached hydrogens (tertiary/aromatic N) is 3. The van der Waals surface area contributed by atoms with Crippen LogP contribution in [0.25, 0.3) is 5.69 Å². The Labute approximate surface area is 233 Å². The summed E-state index contributed by atoms with van der Waals surface area (Å²) in [5, 5.41) is 11.0. The zero-order chi connectivity index (χ0) is 27.4. The van der Waals surface area contributed by atoms with Crippen LogP contribution < -0.4 is 10.6 Å². The molecule has 1 aromatic heterocycles. The summed E-state index contributed by atoms with van der Waals surface area (Å²) in [6.45, 7) is 7.50. The summed E-state index contributed by atoms with van der Waals surface area (Å²) in [5.41, 5.74) is 2.64. The van der Waals surface area contributed by atoms with Crippen molar-refractivity contribution in [1.29, 1.82) is 0 Å². The van der Waals surface area contributed by atoms with E-state index in [-0.39, 0.29) is 22.4 Å². The lowest BCUT2D eigenvalue weighted by Gasteiger charge is -2.24. The number of hydrogen-bond donors (Lipinski definition) is 2. The number of ether oxygens (including phenoxy) is 1. The van der Waals surface area contributed by atoms with Gasteiger partial charge >= 0.3 is 6.03 Å². The fraction of sp³-hybridized carbons (Fsp3) is 0.393.